The molecule has 0 atom stereocenters. The predicted octanol–water partition coefficient (Wildman–Crippen LogP) is 2.69. The molecule has 28 heavy (non-hydrogen) atoms. The Morgan fingerprint density at radius 2 is 2.04 bits per heavy atom. The van der Waals surface area contributed by atoms with Gasteiger partial charge in [-0.1, -0.05) is 17.3 Å². The van der Waals surface area contributed by atoms with Crippen molar-refractivity contribution in [3.05, 3.63) is 78.0 Å². The third-order valence-electron chi connectivity index (χ3n) is 3.97. The van der Waals surface area contributed by atoms with Crippen molar-refractivity contribution in [3.8, 4) is 17.3 Å². The highest BCUT2D eigenvalue weighted by molar-refractivity contribution is 5.92. The van der Waals surface area contributed by atoms with Crippen molar-refractivity contribution in [1.82, 2.24) is 30.0 Å². The van der Waals surface area contributed by atoms with Gasteiger partial charge in [-0.3, -0.25) is 9.36 Å². The summed E-state index contributed by atoms with van der Waals surface area (Å²) in [7, 11) is 0. The van der Waals surface area contributed by atoms with E-state index in [9.17, 15) is 9.18 Å². The largest absolute Gasteiger partial charge is 0.347 e. The van der Waals surface area contributed by atoms with Gasteiger partial charge in [0.1, 0.15) is 23.7 Å². The summed E-state index contributed by atoms with van der Waals surface area (Å²) < 4.78 is 19.7. The molecule has 0 fully saturated rings. The lowest BCUT2D eigenvalue weighted by Gasteiger charge is -2.04. The van der Waals surface area contributed by atoms with Crippen molar-refractivity contribution in [2.24, 2.45) is 0 Å². The highest BCUT2D eigenvalue weighted by atomic mass is 19.1. The van der Waals surface area contributed by atoms with E-state index in [0.29, 0.717) is 23.1 Å². The van der Waals surface area contributed by atoms with Gasteiger partial charge in [0.25, 0.3) is 11.8 Å². The molecular formula is C19H15FN6O2. The molecule has 0 saturated heterocycles. The number of imidazole rings is 1. The summed E-state index contributed by atoms with van der Waals surface area (Å²) >= 11 is 0. The van der Waals surface area contributed by atoms with Crippen LogP contribution in [0.3, 0.4) is 0 Å². The average Bonchev–Trinajstić information content (AvgIpc) is 3.37. The number of aryl methyl sites for hydroxylation is 1. The third-order valence-corrected chi connectivity index (χ3v) is 3.97. The van der Waals surface area contributed by atoms with Gasteiger partial charge in [0.05, 0.1) is 0 Å². The van der Waals surface area contributed by atoms with E-state index in [2.05, 4.69) is 25.4 Å². The Bertz CT molecular complexity index is 1120. The summed E-state index contributed by atoms with van der Waals surface area (Å²) in [6, 6.07) is 9.43. The highest BCUT2D eigenvalue weighted by Crippen LogP contribution is 2.19. The minimum Gasteiger partial charge on any atom is -0.347 e. The zero-order valence-corrected chi connectivity index (χ0v) is 14.8. The molecule has 4 aromatic rings. The van der Waals surface area contributed by atoms with E-state index in [4.69, 9.17) is 4.52 Å². The van der Waals surface area contributed by atoms with Crippen LogP contribution in [0.4, 0.5) is 4.39 Å². The number of pyridine rings is 1. The van der Waals surface area contributed by atoms with E-state index in [1.165, 1.54) is 18.5 Å². The van der Waals surface area contributed by atoms with Gasteiger partial charge in [-0.15, -0.1) is 0 Å². The van der Waals surface area contributed by atoms with Crippen molar-refractivity contribution >= 4 is 5.91 Å². The molecule has 0 saturated carbocycles. The normalized spacial score (nSPS) is 10.8. The van der Waals surface area contributed by atoms with Gasteiger partial charge >= 0.3 is 0 Å². The van der Waals surface area contributed by atoms with Crippen LogP contribution < -0.4 is 5.32 Å². The molecule has 3 aromatic heterocycles. The Morgan fingerprint density at radius 1 is 1.21 bits per heavy atom. The van der Waals surface area contributed by atoms with Crippen molar-refractivity contribution in [1.29, 1.82) is 0 Å². The van der Waals surface area contributed by atoms with Crippen molar-refractivity contribution in [2.75, 3.05) is 0 Å². The first kappa shape index (κ1) is 17.5. The molecule has 9 heteroatoms. The fourth-order valence-electron chi connectivity index (χ4n) is 2.55. The molecule has 0 aliphatic rings. The molecule has 0 aliphatic carbocycles. The predicted molar refractivity (Wildman–Crippen MR) is 97.0 cm³/mol. The lowest BCUT2D eigenvalue weighted by Crippen LogP contribution is -2.23. The minimum absolute atomic E-state index is 0.239. The number of carbonyl (C=O) groups excluding carboxylic acids is 1. The number of nitrogens with one attached hydrogen (secondary N) is 1. The number of hydrogen-bond acceptors (Lipinski definition) is 6. The Labute approximate surface area is 159 Å². The topological polar surface area (TPSA) is 98.7 Å². The number of nitrogens with zero attached hydrogens (tertiary/aromatic N) is 5. The van der Waals surface area contributed by atoms with Crippen molar-refractivity contribution in [2.45, 2.75) is 13.5 Å². The van der Waals surface area contributed by atoms with Crippen molar-refractivity contribution in [3.63, 3.8) is 0 Å². The maximum Gasteiger partial charge on any atom is 0.271 e. The van der Waals surface area contributed by atoms with E-state index >= 15 is 0 Å². The lowest BCUT2D eigenvalue weighted by atomic mass is 10.2. The third kappa shape index (κ3) is 3.78. The van der Waals surface area contributed by atoms with Crippen LogP contribution in [-0.2, 0) is 6.54 Å². The molecule has 1 aromatic carbocycles. The molecule has 0 bridgehead atoms. The fourth-order valence-corrected chi connectivity index (χ4v) is 2.55. The zero-order valence-electron chi connectivity index (χ0n) is 14.8. The summed E-state index contributed by atoms with van der Waals surface area (Å²) in [5, 5.41) is 6.52. The Morgan fingerprint density at radius 3 is 2.79 bits per heavy atom. The molecular weight excluding hydrogens is 363 g/mol. The molecule has 140 valence electrons. The molecule has 8 nitrogen and oxygen atoms in total. The van der Waals surface area contributed by atoms with Crippen LogP contribution in [0.2, 0.25) is 0 Å². The molecule has 3 heterocycles. The summed E-state index contributed by atoms with van der Waals surface area (Å²) in [4.78, 5) is 24.9. The van der Waals surface area contributed by atoms with E-state index in [0.717, 1.165) is 5.56 Å². The number of aromatic nitrogens is 5. The molecule has 4 rings (SSSR count). The zero-order chi connectivity index (χ0) is 19.5. The first-order valence-corrected chi connectivity index (χ1v) is 8.42. The van der Waals surface area contributed by atoms with Crippen LogP contribution in [0.1, 0.15) is 21.9 Å². The summed E-state index contributed by atoms with van der Waals surface area (Å²) in [6.07, 6.45) is 4.68. The maximum absolute atomic E-state index is 12.9. The molecule has 0 radical (unpaired) electrons. The number of hydrogen-bond donors (Lipinski definition) is 1. The van der Waals surface area contributed by atoms with Gasteiger partial charge in [-0.05, 0) is 36.8 Å². The summed E-state index contributed by atoms with van der Waals surface area (Å²) in [5.74, 6) is 0.819. The van der Waals surface area contributed by atoms with Gasteiger partial charge in [0, 0.05) is 24.5 Å². The van der Waals surface area contributed by atoms with E-state index in [-0.39, 0.29) is 24.0 Å². The van der Waals surface area contributed by atoms with Crippen LogP contribution in [0.15, 0.2) is 59.6 Å². The van der Waals surface area contributed by atoms with Crippen LogP contribution >= 0.6 is 0 Å². The number of amides is 1. The van der Waals surface area contributed by atoms with Gasteiger partial charge in [-0.2, -0.15) is 4.98 Å². The minimum atomic E-state index is -0.341. The lowest BCUT2D eigenvalue weighted by molar-refractivity contribution is 0.0946. The molecule has 0 aliphatic heterocycles. The SMILES string of the molecule is Cc1noc(-c2ccnc(-n3cnc(C(=O)NCc4ccc(F)cc4)c3)c2)n1. The fraction of sp³-hybridized carbons (Fsp3) is 0.105. The first-order chi connectivity index (χ1) is 13.6. The Hall–Kier alpha value is -3.88. The average molecular weight is 378 g/mol. The second-order valence-electron chi connectivity index (χ2n) is 6.02. The molecule has 1 amide bonds. The monoisotopic (exact) mass is 378 g/mol. The van der Waals surface area contributed by atoms with Crippen molar-refractivity contribution < 1.29 is 13.7 Å². The second-order valence-corrected chi connectivity index (χ2v) is 6.02. The Balaban J connectivity index is 1.48. The van der Waals surface area contributed by atoms with Crippen LogP contribution in [0.5, 0.6) is 0 Å². The number of carbonyl (C=O) groups is 1. The first-order valence-electron chi connectivity index (χ1n) is 8.42. The van der Waals surface area contributed by atoms with Gasteiger partial charge in [0.15, 0.2) is 5.82 Å². The van der Waals surface area contributed by atoms with E-state index in [1.54, 1.807) is 48.1 Å². The molecule has 0 unspecified atom stereocenters. The summed E-state index contributed by atoms with van der Waals surface area (Å²) in [6.45, 7) is 2.01. The number of halogens is 1. The van der Waals surface area contributed by atoms with Crippen LogP contribution in [0, 0.1) is 12.7 Å². The second kappa shape index (κ2) is 7.39. The maximum atomic E-state index is 12.9. The van der Waals surface area contributed by atoms with Crippen LogP contribution in [0.25, 0.3) is 17.3 Å². The summed E-state index contributed by atoms with van der Waals surface area (Å²) in [5.41, 5.74) is 1.74. The Kier molecular flexibility index (Phi) is 4.63. The van der Waals surface area contributed by atoms with Crippen LogP contribution in [-0.4, -0.2) is 30.6 Å². The molecule has 1 N–H and O–H groups in total. The standard InChI is InChI=1S/C19H15FN6O2/c1-12-24-19(28-25-12)14-6-7-21-17(8-14)26-10-16(23-11-26)18(27)22-9-13-2-4-15(20)5-3-13/h2-8,10-11H,9H2,1H3,(H,22,27). The van der Waals surface area contributed by atoms with E-state index in [1.807, 2.05) is 0 Å². The van der Waals surface area contributed by atoms with Gasteiger partial charge in [-0.25, -0.2) is 14.4 Å². The number of rotatable bonds is 5. The molecule has 0 spiro atoms. The highest BCUT2D eigenvalue weighted by Gasteiger charge is 2.12. The number of benzene rings is 1. The van der Waals surface area contributed by atoms with E-state index < -0.39 is 0 Å². The smallest absolute Gasteiger partial charge is 0.271 e. The van der Waals surface area contributed by atoms with Gasteiger partial charge in [0.2, 0.25) is 0 Å². The van der Waals surface area contributed by atoms with Gasteiger partial charge < -0.3 is 9.84 Å². The quantitative estimate of drug-likeness (QED) is 0.573.